The molecule has 0 N–H and O–H groups in total. The highest BCUT2D eigenvalue weighted by molar-refractivity contribution is 9.10. The number of benzene rings is 1. The van der Waals surface area contributed by atoms with Crippen molar-refractivity contribution in [3.05, 3.63) is 84.0 Å². The first-order valence-corrected chi connectivity index (χ1v) is 12.5. The van der Waals surface area contributed by atoms with Gasteiger partial charge in [-0.3, -0.25) is 9.97 Å². The number of nitrogens with zero attached hydrogens (tertiary/aromatic N) is 3. The van der Waals surface area contributed by atoms with E-state index in [9.17, 15) is 16.8 Å². The normalized spacial score (nSPS) is 11.7. The number of rotatable bonds is 3. The SMILES string of the molecule is O=S(=O)(Cl)c1cccnc1.O=S(=O)(c1cccnc1)n1ccc2c(Br)cccc21. The van der Waals surface area contributed by atoms with Crippen LogP contribution in [-0.2, 0) is 19.1 Å². The van der Waals surface area contributed by atoms with Crippen molar-refractivity contribution in [2.24, 2.45) is 0 Å². The van der Waals surface area contributed by atoms with E-state index in [4.69, 9.17) is 10.7 Å². The van der Waals surface area contributed by atoms with Crippen LogP contribution >= 0.6 is 26.6 Å². The standard InChI is InChI=1S/C13H9BrN2O2S.C5H4ClNO2S/c14-12-4-1-5-13-11(12)6-8-16(13)19(17,18)10-3-2-7-15-9-10;6-10(8,9)5-2-1-3-7-4-5/h1-9H;1-4H. The highest BCUT2D eigenvalue weighted by Gasteiger charge is 2.19. The van der Waals surface area contributed by atoms with Crippen molar-refractivity contribution in [3.63, 3.8) is 0 Å². The van der Waals surface area contributed by atoms with Crippen LogP contribution in [-0.4, -0.2) is 30.8 Å². The van der Waals surface area contributed by atoms with Crippen molar-refractivity contribution in [1.82, 2.24) is 13.9 Å². The van der Waals surface area contributed by atoms with Crippen LogP contribution in [0.3, 0.4) is 0 Å². The minimum Gasteiger partial charge on any atom is -0.263 e. The molecule has 7 nitrogen and oxygen atoms in total. The molecule has 3 heterocycles. The van der Waals surface area contributed by atoms with Crippen LogP contribution in [0.25, 0.3) is 10.9 Å². The summed E-state index contributed by atoms with van der Waals surface area (Å²) in [5.74, 6) is 0. The first-order valence-electron chi connectivity index (χ1n) is 7.97. The summed E-state index contributed by atoms with van der Waals surface area (Å²) in [5, 5.41) is 0.856. The van der Waals surface area contributed by atoms with E-state index in [0.29, 0.717) is 5.52 Å². The molecule has 4 aromatic rings. The van der Waals surface area contributed by atoms with Crippen molar-refractivity contribution in [2.45, 2.75) is 9.79 Å². The summed E-state index contributed by atoms with van der Waals surface area (Å²) in [5.41, 5.74) is 0.637. The molecule has 0 fully saturated rings. The molecule has 0 aliphatic carbocycles. The maximum Gasteiger partial charge on any atom is 0.269 e. The molecule has 0 saturated carbocycles. The smallest absolute Gasteiger partial charge is 0.263 e. The van der Waals surface area contributed by atoms with Gasteiger partial charge < -0.3 is 0 Å². The van der Waals surface area contributed by atoms with Gasteiger partial charge in [0, 0.05) is 51.5 Å². The van der Waals surface area contributed by atoms with Crippen molar-refractivity contribution < 1.29 is 16.8 Å². The Hall–Kier alpha value is -2.27. The van der Waals surface area contributed by atoms with E-state index in [1.54, 1.807) is 30.6 Å². The zero-order chi connectivity index (χ0) is 21.1. The number of hydrogen-bond acceptors (Lipinski definition) is 6. The van der Waals surface area contributed by atoms with Gasteiger partial charge in [-0.25, -0.2) is 20.8 Å². The fourth-order valence-corrected chi connectivity index (χ4v) is 4.92. The van der Waals surface area contributed by atoms with Gasteiger partial charge >= 0.3 is 0 Å². The van der Waals surface area contributed by atoms with Crippen LogP contribution in [0.2, 0.25) is 0 Å². The third kappa shape index (κ3) is 4.84. The van der Waals surface area contributed by atoms with Gasteiger partial charge in [-0.1, -0.05) is 22.0 Å². The Balaban J connectivity index is 0.000000204. The molecular weight excluding hydrogens is 502 g/mol. The molecule has 0 aliphatic rings. The molecule has 1 aromatic carbocycles. The third-order valence-corrected chi connectivity index (χ3v) is 7.46. The summed E-state index contributed by atoms with van der Waals surface area (Å²) in [6.07, 6.45) is 7.12. The van der Waals surface area contributed by atoms with Crippen molar-refractivity contribution >= 4 is 56.6 Å². The summed E-state index contributed by atoms with van der Waals surface area (Å²) in [7, 11) is -2.21. The molecule has 0 radical (unpaired) electrons. The first-order chi connectivity index (χ1) is 13.7. The Morgan fingerprint density at radius 3 is 1.97 bits per heavy atom. The van der Waals surface area contributed by atoms with Gasteiger partial charge in [-0.15, -0.1) is 0 Å². The number of pyridine rings is 2. The quantitative estimate of drug-likeness (QED) is 0.383. The minimum atomic E-state index is -3.61. The highest BCUT2D eigenvalue weighted by atomic mass is 79.9. The lowest BCUT2D eigenvalue weighted by atomic mass is 10.3. The van der Waals surface area contributed by atoms with Gasteiger partial charge in [-0.2, -0.15) is 0 Å². The number of aromatic nitrogens is 3. The van der Waals surface area contributed by atoms with Gasteiger partial charge in [0.05, 0.1) is 5.52 Å². The van der Waals surface area contributed by atoms with Gasteiger partial charge in [0.1, 0.15) is 9.79 Å². The summed E-state index contributed by atoms with van der Waals surface area (Å²) in [6.45, 7) is 0. The summed E-state index contributed by atoms with van der Waals surface area (Å²) >= 11 is 3.41. The fraction of sp³-hybridized carbons (Fsp3) is 0. The average molecular weight is 515 g/mol. The van der Waals surface area contributed by atoms with Gasteiger partial charge in [-0.05, 0) is 42.5 Å². The molecule has 4 rings (SSSR count). The Labute approximate surface area is 180 Å². The topological polar surface area (TPSA) is 99.0 Å². The monoisotopic (exact) mass is 513 g/mol. The molecular formula is C18H13BrClN3O4S2. The molecule has 0 saturated heterocycles. The maximum atomic E-state index is 12.5. The van der Waals surface area contributed by atoms with E-state index in [1.165, 1.54) is 40.8 Å². The molecule has 3 aromatic heterocycles. The molecule has 29 heavy (non-hydrogen) atoms. The molecule has 0 aliphatic heterocycles. The lowest BCUT2D eigenvalue weighted by Crippen LogP contribution is -2.11. The van der Waals surface area contributed by atoms with Crippen molar-refractivity contribution in [3.8, 4) is 0 Å². The molecule has 0 spiro atoms. The molecule has 0 bridgehead atoms. The average Bonchev–Trinajstić information content (AvgIpc) is 3.16. The molecule has 150 valence electrons. The molecule has 0 atom stereocenters. The van der Waals surface area contributed by atoms with Gasteiger partial charge in [0.2, 0.25) is 0 Å². The lowest BCUT2D eigenvalue weighted by Gasteiger charge is -2.07. The van der Waals surface area contributed by atoms with Gasteiger partial charge in [0.25, 0.3) is 19.1 Å². The first kappa shape index (κ1) is 21.4. The fourth-order valence-electron chi connectivity index (χ4n) is 2.42. The Morgan fingerprint density at radius 2 is 1.45 bits per heavy atom. The second-order valence-corrected chi connectivity index (χ2v) is 10.8. The van der Waals surface area contributed by atoms with Crippen LogP contribution in [0.15, 0.2) is 93.8 Å². The number of fused-ring (bicyclic) bond motifs is 1. The number of hydrogen-bond donors (Lipinski definition) is 0. The summed E-state index contributed by atoms with van der Waals surface area (Å²) in [6, 6.07) is 13.3. The zero-order valence-electron chi connectivity index (χ0n) is 14.6. The van der Waals surface area contributed by atoms with E-state index in [2.05, 4.69) is 25.9 Å². The van der Waals surface area contributed by atoms with Gasteiger partial charge in [0.15, 0.2) is 0 Å². The van der Waals surface area contributed by atoms with E-state index in [0.717, 1.165) is 9.86 Å². The zero-order valence-corrected chi connectivity index (χ0v) is 18.5. The summed E-state index contributed by atoms with van der Waals surface area (Å²) < 4.78 is 48.3. The highest BCUT2D eigenvalue weighted by Crippen LogP contribution is 2.27. The van der Waals surface area contributed by atoms with Crippen LogP contribution < -0.4 is 0 Å². The van der Waals surface area contributed by atoms with Crippen LogP contribution in [0.4, 0.5) is 0 Å². The van der Waals surface area contributed by atoms with E-state index in [-0.39, 0.29) is 9.79 Å². The van der Waals surface area contributed by atoms with Crippen molar-refractivity contribution in [1.29, 1.82) is 0 Å². The molecule has 0 amide bonds. The third-order valence-electron chi connectivity index (χ3n) is 3.75. The van der Waals surface area contributed by atoms with Crippen LogP contribution in [0, 0.1) is 0 Å². The lowest BCUT2D eigenvalue weighted by molar-refractivity contribution is 0.588. The Kier molecular flexibility index (Phi) is 6.37. The number of halogens is 2. The van der Waals surface area contributed by atoms with E-state index in [1.807, 2.05) is 12.1 Å². The van der Waals surface area contributed by atoms with Crippen LogP contribution in [0.5, 0.6) is 0 Å². The summed E-state index contributed by atoms with van der Waals surface area (Å²) in [4.78, 5) is 7.64. The maximum absolute atomic E-state index is 12.5. The Morgan fingerprint density at radius 1 is 0.828 bits per heavy atom. The minimum absolute atomic E-state index is 0.0247. The second kappa shape index (κ2) is 8.62. The second-order valence-electron chi connectivity index (χ2n) is 5.60. The molecule has 0 unspecified atom stereocenters. The molecule has 11 heteroatoms. The van der Waals surface area contributed by atoms with Crippen molar-refractivity contribution in [2.75, 3.05) is 0 Å². The van der Waals surface area contributed by atoms with E-state index < -0.39 is 19.1 Å². The largest absolute Gasteiger partial charge is 0.269 e. The predicted molar refractivity (Wildman–Crippen MR) is 114 cm³/mol. The van der Waals surface area contributed by atoms with E-state index >= 15 is 0 Å². The van der Waals surface area contributed by atoms with Crippen LogP contribution in [0.1, 0.15) is 0 Å². The Bertz CT molecular complexity index is 1340. The predicted octanol–water partition coefficient (Wildman–Crippen LogP) is 4.04.